The Labute approximate surface area is 331 Å². The van der Waals surface area contributed by atoms with Crippen molar-refractivity contribution < 1.29 is 45.9 Å². The Balaban J connectivity index is 0.00000172. The summed E-state index contributed by atoms with van der Waals surface area (Å²) in [6, 6.07) is 20.1. The van der Waals surface area contributed by atoms with Crippen LogP contribution in [0.5, 0.6) is 5.75 Å². The lowest BCUT2D eigenvalue weighted by Gasteiger charge is -2.33. The van der Waals surface area contributed by atoms with Crippen molar-refractivity contribution >= 4 is 71.6 Å². The second kappa shape index (κ2) is 19.4. The largest absolute Gasteiger partial charge is 0.497 e. The van der Waals surface area contributed by atoms with Gasteiger partial charge >= 0.3 is 0 Å². The number of nitrogens with zero attached hydrogens (tertiary/aromatic N) is 4. The molecule has 5 rings (SSSR count). The number of anilines is 3. The highest BCUT2D eigenvalue weighted by Crippen LogP contribution is 2.38. The standard InChI is InChI=1S/C36H43N7O8S2.C2H4O2/c1-3-40-20-22-41(23-21-40)19-18-36(46)39-26-8-12-28(13-9-26)52(47,48)42(24-34(37)44)32-16-17-33(31-7-5-4-6-30(31)32)43(25-35(38)45)53(49,50)29-14-10-27(51-2)11-15-29;1-2(3)4/h4-17H,3,18-25H2,1-2H3,(H2,37,44)(H2,38,45)(H,39,46);1H3,(H,3,4). The molecule has 0 aliphatic carbocycles. The number of likely N-dealkylation sites (N-methyl/N-ethyl adjacent to an activating group) is 1. The molecule has 1 saturated heterocycles. The lowest BCUT2D eigenvalue weighted by Crippen LogP contribution is -2.46. The highest BCUT2D eigenvalue weighted by Gasteiger charge is 2.32. The minimum atomic E-state index is -4.46. The van der Waals surface area contributed by atoms with Crippen LogP contribution in [0.15, 0.2) is 94.7 Å². The van der Waals surface area contributed by atoms with Crippen molar-refractivity contribution in [2.45, 2.75) is 30.1 Å². The first-order valence-electron chi connectivity index (χ1n) is 17.8. The van der Waals surface area contributed by atoms with Gasteiger partial charge in [0, 0.05) is 62.5 Å². The predicted octanol–water partition coefficient (Wildman–Crippen LogP) is 2.27. The smallest absolute Gasteiger partial charge is 0.300 e. The third-order valence-electron chi connectivity index (χ3n) is 8.96. The van der Waals surface area contributed by atoms with Crippen LogP contribution in [0.25, 0.3) is 10.8 Å². The molecule has 0 radical (unpaired) electrons. The number of ether oxygens (including phenoxy) is 1. The Kier molecular flexibility index (Phi) is 15.0. The van der Waals surface area contributed by atoms with E-state index in [2.05, 4.69) is 22.0 Å². The van der Waals surface area contributed by atoms with Crippen LogP contribution >= 0.6 is 0 Å². The van der Waals surface area contributed by atoms with Gasteiger partial charge in [-0.15, -0.1) is 0 Å². The van der Waals surface area contributed by atoms with E-state index in [0.717, 1.165) is 48.3 Å². The summed E-state index contributed by atoms with van der Waals surface area (Å²) in [6.07, 6.45) is 0.278. The summed E-state index contributed by atoms with van der Waals surface area (Å²) in [4.78, 5) is 50.5. The number of sulfonamides is 2. The predicted molar refractivity (Wildman–Crippen MR) is 216 cm³/mol. The van der Waals surface area contributed by atoms with E-state index in [1.54, 1.807) is 24.3 Å². The fraction of sp³-hybridized carbons (Fsp3) is 0.316. The fourth-order valence-electron chi connectivity index (χ4n) is 6.11. The van der Waals surface area contributed by atoms with E-state index in [1.807, 2.05) is 0 Å². The molecule has 1 aliphatic rings. The average Bonchev–Trinajstić information content (AvgIpc) is 3.18. The van der Waals surface area contributed by atoms with Crippen LogP contribution in [0.4, 0.5) is 17.1 Å². The number of rotatable bonds is 16. The van der Waals surface area contributed by atoms with Crippen LogP contribution < -0.4 is 30.1 Å². The van der Waals surface area contributed by atoms with Gasteiger partial charge in [0.05, 0.1) is 28.3 Å². The maximum absolute atomic E-state index is 14.2. The molecule has 1 fully saturated rings. The number of methoxy groups -OCH3 is 1. The van der Waals surface area contributed by atoms with E-state index in [-0.39, 0.29) is 44.3 Å². The van der Waals surface area contributed by atoms with Gasteiger partial charge in [-0.3, -0.25) is 27.8 Å². The number of hydrogen-bond acceptors (Lipinski definition) is 11. The first-order chi connectivity index (χ1) is 27.0. The summed E-state index contributed by atoms with van der Waals surface area (Å²) >= 11 is 0. The SMILES string of the molecule is CC(=O)O.CCN1CCN(CCC(=O)Nc2ccc(S(=O)(=O)N(CC(N)=O)c3ccc(N(CC(N)=O)S(=O)(=O)c4ccc(OC)cc4)c4ccccc34)cc2)CC1. The number of carboxylic acid groups (broad SMARTS) is 1. The number of benzene rings is 4. The van der Waals surface area contributed by atoms with Crippen LogP contribution in [-0.4, -0.2) is 115 Å². The summed E-state index contributed by atoms with van der Waals surface area (Å²) < 4.78 is 63.0. The number of amides is 3. The van der Waals surface area contributed by atoms with Crippen LogP contribution in [-0.2, 0) is 39.2 Å². The fourth-order valence-corrected chi connectivity index (χ4v) is 9.01. The van der Waals surface area contributed by atoms with Gasteiger partial charge in [0.1, 0.15) is 18.8 Å². The molecular formula is C38H47N7O10S2. The first-order valence-corrected chi connectivity index (χ1v) is 20.7. The van der Waals surface area contributed by atoms with Gasteiger partial charge in [0.25, 0.3) is 26.0 Å². The van der Waals surface area contributed by atoms with E-state index in [4.69, 9.17) is 26.1 Å². The third kappa shape index (κ3) is 11.4. The van der Waals surface area contributed by atoms with Crippen molar-refractivity contribution in [1.29, 1.82) is 0 Å². The van der Waals surface area contributed by atoms with Crippen LogP contribution in [0.2, 0.25) is 0 Å². The molecule has 4 aromatic carbocycles. The highest BCUT2D eigenvalue weighted by molar-refractivity contribution is 7.93. The first kappa shape index (κ1) is 44.0. The monoisotopic (exact) mass is 825 g/mol. The van der Waals surface area contributed by atoms with Crippen LogP contribution in [0.3, 0.4) is 0 Å². The number of carbonyl (C=O) groups excluding carboxylic acids is 3. The zero-order chi connectivity index (χ0) is 41.9. The van der Waals surface area contributed by atoms with E-state index in [0.29, 0.717) is 18.0 Å². The topological polar surface area (TPSA) is 243 Å². The highest BCUT2D eigenvalue weighted by atomic mass is 32.2. The molecule has 17 nitrogen and oxygen atoms in total. The summed E-state index contributed by atoms with van der Waals surface area (Å²) in [5.41, 5.74) is 11.5. The maximum Gasteiger partial charge on any atom is 0.300 e. The second-order valence-electron chi connectivity index (χ2n) is 12.9. The van der Waals surface area contributed by atoms with Gasteiger partial charge in [-0.25, -0.2) is 16.8 Å². The average molecular weight is 826 g/mol. The summed E-state index contributed by atoms with van der Waals surface area (Å²) in [7, 11) is -7.40. The van der Waals surface area contributed by atoms with E-state index in [9.17, 15) is 31.2 Å². The van der Waals surface area contributed by atoms with Crippen molar-refractivity contribution in [2.75, 3.05) is 73.4 Å². The molecule has 19 heteroatoms. The molecule has 57 heavy (non-hydrogen) atoms. The molecule has 0 bridgehead atoms. The van der Waals surface area contributed by atoms with E-state index >= 15 is 0 Å². The molecule has 1 heterocycles. The molecular weight excluding hydrogens is 779 g/mol. The third-order valence-corrected chi connectivity index (χ3v) is 12.5. The van der Waals surface area contributed by atoms with Crippen molar-refractivity contribution in [3.05, 3.63) is 84.9 Å². The Morgan fingerprint density at radius 2 is 1.14 bits per heavy atom. The molecule has 306 valence electrons. The number of fused-ring (bicyclic) bond motifs is 1. The second-order valence-corrected chi connectivity index (χ2v) is 16.6. The molecule has 0 atom stereocenters. The number of aliphatic carboxylic acids is 1. The molecule has 0 unspecified atom stereocenters. The van der Waals surface area contributed by atoms with E-state index in [1.165, 1.54) is 67.8 Å². The number of hydrogen-bond donors (Lipinski definition) is 4. The number of nitrogens with one attached hydrogen (secondary N) is 1. The molecule has 0 saturated carbocycles. The number of piperazine rings is 1. The number of carboxylic acids is 1. The van der Waals surface area contributed by atoms with Gasteiger partial charge in [-0.1, -0.05) is 31.2 Å². The van der Waals surface area contributed by atoms with Gasteiger partial charge in [0.15, 0.2) is 0 Å². The lowest BCUT2D eigenvalue weighted by molar-refractivity contribution is -0.134. The Hall–Kier alpha value is -5.76. The maximum atomic E-state index is 14.2. The van der Waals surface area contributed by atoms with Crippen LogP contribution in [0.1, 0.15) is 20.3 Å². The molecule has 0 aromatic heterocycles. The van der Waals surface area contributed by atoms with Crippen molar-refractivity contribution in [3.63, 3.8) is 0 Å². The summed E-state index contributed by atoms with van der Waals surface area (Å²) in [6.45, 7) is 7.05. The molecule has 1 aliphatic heterocycles. The summed E-state index contributed by atoms with van der Waals surface area (Å²) in [5.74, 6) is -2.50. The molecule has 4 aromatic rings. The number of carbonyl (C=O) groups is 4. The zero-order valence-electron chi connectivity index (χ0n) is 31.8. The normalized spacial score (nSPS) is 13.5. The van der Waals surface area contributed by atoms with Crippen molar-refractivity contribution in [3.8, 4) is 5.75 Å². The quantitative estimate of drug-likeness (QED) is 0.127. The van der Waals surface area contributed by atoms with E-state index < -0.39 is 50.9 Å². The van der Waals surface area contributed by atoms with Gasteiger partial charge in [-0.2, -0.15) is 0 Å². The summed E-state index contributed by atoms with van der Waals surface area (Å²) in [5, 5.41) is 10.7. The van der Waals surface area contributed by atoms with Crippen molar-refractivity contribution in [2.24, 2.45) is 11.5 Å². The molecule has 6 N–H and O–H groups in total. The Morgan fingerprint density at radius 3 is 1.54 bits per heavy atom. The van der Waals surface area contributed by atoms with Crippen LogP contribution in [0, 0.1) is 0 Å². The van der Waals surface area contributed by atoms with Crippen molar-refractivity contribution in [1.82, 2.24) is 9.80 Å². The Morgan fingerprint density at radius 1 is 0.719 bits per heavy atom. The Bertz CT molecular complexity index is 2280. The molecule has 0 spiro atoms. The van der Waals surface area contributed by atoms with Gasteiger partial charge in [-0.05, 0) is 67.2 Å². The van der Waals surface area contributed by atoms with Gasteiger partial charge < -0.3 is 36.4 Å². The number of primary amides is 2. The zero-order valence-corrected chi connectivity index (χ0v) is 33.5. The number of nitrogens with two attached hydrogens (primary N) is 2. The minimum absolute atomic E-state index is 0.0289. The lowest BCUT2D eigenvalue weighted by atomic mass is 10.1. The molecule has 3 amide bonds. The van der Waals surface area contributed by atoms with Gasteiger partial charge in [0.2, 0.25) is 17.7 Å². The minimum Gasteiger partial charge on any atom is -0.497 e.